The number of amides is 1. The minimum atomic E-state index is -0.934. The molecular formula is C16H12Cl2FNO4. The van der Waals surface area contributed by atoms with Gasteiger partial charge in [-0.25, -0.2) is 9.18 Å². The molecule has 2 rings (SSSR count). The molecule has 0 bridgehead atoms. The maximum atomic E-state index is 13.4. The molecule has 2 aromatic rings. The van der Waals surface area contributed by atoms with E-state index >= 15 is 0 Å². The van der Waals surface area contributed by atoms with Crippen molar-refractivity contribution in [2.45, 2.75) is 0 Å². The van der Waals surface area contributed by atoms with E-state index in [0.717, 1.165) is 12.1 Å². The SMILES string of the molecule is COc1cccc(NC(=O)COC(=O)c2cc(F)c(Cl)cc2Cl)c1. The van der Waals surface area contributed by atoms with E-state index in [2.05, 4.69) is 5.32 Å². The van der Waals surface area contributed by atoms with Crippen molar-refractivity contribution in [1.82, 2.24) is 0 Å². The number of anilines is 1. The molecule has 0 spiro atoms. The van der Waals surface area contributed by atoms with Crippen molar-refractivity contribution in [3.8, 4) is 5.75 Å². The molecule has 5 nitrogen and oxygen atoms in total. The van der Waals surface area contributed by atoms with Gasteiger partial charge in [-0.3, -0.25) is 4.79 Å². The van der Waals surface area contributed by atoms with Gasteiger partial charge in [-0.15, -0.1) is 0 Å². The summed E-state index contributed by atoms with van der Waals surface area (Å²) in [5.74, 6) is -1.75. The lowest BCUT2D eigenvalue weighted by molar-refractivity contribution is -0.119. The van der Waals surface area contributed by atoms with E-state index < -0.39 is 24.3 Å². The van der Waals surface area contributed by atoms with E-state index in [9.17, 15) is 14.0 Å². The zero-order valence-electron chi connectivity index (χ0n) is 12.4. The van der Waals surface area contributed by atoms with E-state index in [1.807, 2.05) is 0 Å². The fraction of sp³-hybridized carbons (Fsp3) is 0.125. The van der Waals surface area contributed by atoms with E-state index in [-0.39, 0.29) is 15.6 Å². The summed E-state index contributed by atoms with van der Waals surface area (Å²) in [6, 6.07) is 8.60. The van der Waals surface area contributed by atoms with Crippen LogP contribution >= 0.6 is 23.2 Å². The lowest BCUT2D eigenvalue weighted by Gasteiger charge is -2.09. The van der Waals surface area contributed by atoms with Crippen molar-refractivity contribution in [2.24, 2.45) is 0 Å². The second-order valence-corrected chi connectivity index (χ2v) is 5.42. The Morgan fingerprint density at radius 1 is 1.17 bits per heavy atom. The van der Waals surface area contributed by atoms with E-state index in [1.165, 1.54) is 7.11 Å². The number of ether oxygens (including phenoxy) is 2. The summed E-state index contributed by atoms with van der Waals surface area (Å²) < 4.78 is 23.2. The number of carbonyl (C=O) groups excluding carboxylic acids is 2. The first-order valence-corrected chi connectivity index (χ1v) is 7.42. The summed E-state index contributed by atoms with van der Waals surface area (Å²) in [4.78, 5) is 23.7. The molecule has 0 fully saturated rings. The van der Waals surface area contributed by atoms with Gasteiger partial charge in [-0.1, -0.05) is 29.3 Å². The van der Waals surface area contributed by atoms with Crippen molar-refractivity contribution in [3.63, 3.8) is 0 Å². The normalized spacial score (nSPS) is 10.2. The summed E-state index contributed by atoms with van der Waals surface area (Å²) in [7, 11) is 1.50. The number of carbonyl (C=O) groups is 2. The molecule has 126 valence electrons. The van der Waals surface area contributed by atoms with Crippen molar-refractivity contribution >= 4 is 40.8 Å². The molecule has 0 aliphatic carbocycles. The van der Waals surface area contributed by atoms with Crippen molar-refractivity contribution in [3.05, 3.63) is 57.8 Å². The summed E-state index contributed by atoms with van der Waals surface area (Å²) in [5, 5.41) is 2.25. The first-order chi connectivity index (χ1) is 11.4. The van der Waals surface area contributed by atoms with Gasteiger partial charge in [0.25, 0.3) is 5.91 Å². The van der Waals surface area contributed by atoms with Crippen LogP contribution in [0, 0.1) is 5.82 Å². The van der Waals surface area contributed by atoms with Gasteiger partial charge in [-0.2, -0.15) is 0 Å². The molecule has 0 aliphatic heterocycles. The molecule has 24 heavy (non-hydrogen) atoms. The highest BCUT2D eigenvalue weighted by atomic mass is 35.5. The lowest BCUT2D eigenvalue weighted by Crippen LogP contribution is -2.21. The van der Waals surface area contributed by atoms with E-state index in [4.69, 9.17) is 32.7 Å². The Balaban J connectivity index is 1.96. The van der Waals surface area contributed by atoms with Crippen LogP contribution in [-0.4, -0.2) is 25.6 Å². The standard InChI is InChI=1S/C16H12Cl2FNO4/c1-23-10-4-2-3-9(5-10)20-15(21)8-24-16(22)11-6-14(19)13(18)7-12(11)17/h2-7H,8H2,1H3,(H,20,21). The molecule has 1 amide bonds. The highest BCUT2D eigenvalue weighted by molar-refractivity contribution is 6.36. The smallest absolute Gasteiger partial charge is 0.340 e. The van der Waals surface area contributed by atoms with E-state index in [1.54, 1.807) is 24.3 Å². The lowest BCUT2D eigenvalue weighted by atomic mass is 10.2. The van der Waals surface area contributed by atoms with Crippen LogP contribution in [0.1, 0.15) is 10.4 Å². The molecule has 0 saturated carbocycles. The van der Waals surface area contributed by atoms with Crippen molar-refractivity contribution in [2.75, 3.05) is 19.0 Å². The first kappa shape index (κ1) is 18.0. The Kier molecular flexibility index (Phi) is 6.00. The first-order valence-electron chi connectivity index (χ1n) is 6.66. The average molecular weight is 372 g/mol. The summed E-state index contributed by atoms with van der Waals surface area (Å²) >= 11 is 11.4. The topological polar surface area (TPSA) is 64.6 Å². The molecule has 0 aliphatic rings. The molecular weight excluding hydrogens is 360 g/mol. The van der Waals surface area contributed by atoms with Gasteiger partial charge >= 0.3 is 5.97 Å². The number of methoxy groups -OCH3 is 1. The van der Waals surface area contributed by atoms with Crippen LogP contribution in [0.5, 0.6) is 5.75 Å². The highest BCUT2D eigenvalue weighted by Gasteiger charge is 2.17. The molecule has 0 atom stereocenters. The number of nitrogens with one attached hydrogen (secondary N) is 1. The monoisotopic (exact) mass is 371 g/mol. The quantitative estimate of drug-likeness (QED) is 0.638. The Labute approximate surface area is 147 Å². The molecule has 0 unspecified atom stereocenters. The molecule has 1 N–H and O–H groups in total. The maximum Gasteiger partial charge on any atom is 0.340 e. The van der Waals surface area contributed by atoms with Crippen LogP contribution in [0.3, 0.4) is 0 Å². The van der Waals surface area contributed by atoms with Gasteiger partial charge in [0.2, 0.25) is 0 Å². The molecule has 0 heterocycles. The molecule has 2 aromatic carbocycles. The number of esters is 1. The van der Waals surface area contributed by atoms with Crippen LogP contribution < -0.4 is 10.1 Å². The van der Waals surface area contributed by atoms with Crippen LogP contribution in [0.4, 0.5) is 10.1 Å². The van der Waals surface area contributed by atoms with Crippen LogP contribution in [-0.2, 0) is 9.53 Å². The Hall–Kier alpha value is -2.31. The number of halogens is 3. The van der Waals surface area contributed by atoms with E-state index in [0.29, 0.717) is 11.4 Å². The highest BCUT2D eigenvalue weighted by Crippen LogP contribution is 2.25. The second kappa shape index (κ2) is 7.99. The van der Waals surface area contributed by atoms with Gasteiger partial charge < -0.3 is 14.8 Å². The van der Waals surface area contributed by atoms with Gasteiger partial charge in [0.1, 0.15) is 11.6 Å². The van der Waals surface area contributed by atoms with Gasteiger partial charge in [0.05, 0.1) is 22.7 Å². The fourth-order valence-electron chi connectivity index (χ4n) is 1.79. The minimum Gasteiger partial charge on any atom is -0.497 e. The Morgan fingerprint density at radius 2 is 1.92 bits per heavy atom. The van der Waals surface area contributed by atoms with Gasteiger partial charge in [-0.05, 0) is 24.3 Å². The Bertz CT molecular complexity index is 783. The summed E-state index contributed by atoms with van der Waals surface area (Å²) in [5.41, 5.74) is 0.263. The number of rotatable bonds is 5. The Morgan fingerprint density at radius 3 is 2.62 bits per heavy atom. The zero-order valence-corrected chi connectivity index (χ0v) is 13.9. The summed E-state index contributed by atoms with van der Waals surface area (Å²) in [6.45, 7) is -0.559. The number of hydrogen-bond donors (Lipinski definition) is 1. The third-order valence-electron chi connectivity index (χ3n) is 2.92. The second-order valence-electron chi connectivity index (χ2n) is 4.60. The third kappa shape index (κ3) is 4.59. The molecule has 8 heteroatoms. The van der Waals surface area contributed by atoms with Crippen LogP contribution in [0.2, 0.25) is 10.0 Å². The third-order valence-corrected chi connectivity index (χ3v) is 3.52. The van der Waals surface area contributed by atoms with Crippen LogP contribution in [0.25, 0.3) is 0 Å². The average Bonchev–Trinajstić information content (AvgIpc) is 2.56. The largest absolute Gasteiger partial charge is 0.497 e. The molecule has 0 aromatic heterocycles. The summed E-state index contributed by atoms with van der Waals surface area (Å²) in [6.07, 6.45) is 0. The zero-order chi connectivity index (χ0) is 17.7. The predicted molar refractivity (Wildman–Crippen MR) is 88.3 cm³/mol. The van der Waals surface area contributed by atoms with Crippen molar-refractivity contribution in [1.29, 1.82) is 0 Å². The molecule has 0 saturated heterocycles. The predicted octanol–water partition coefficient (Wildman–Crippen LogP) is 3.94. The number of hydrogen-bond acceptors (Lipinski definition) is 4. The fourth-order valence-corrected chi connectivity index (χ4v) is 2.25. The number of benzene rings is 2. The van der Waals surface area contributed by atoms with Crippen molar-refractivity contribution < 1.29 is 23.5 Å². The van der Waals surface area contributed by atoms with Gasteiger partial charge in [0, 0.05) is 11.8 Å². The van der Waals surface area contributed by atoms with Crippen LogP contribution in [0.15, 0.2) is 36.4 Å². The molecule has 0 radical (unpaired) electrons. The maximum absolute atomic E-state index is 13.4. The minimum absolute atomic E-state index is 0.0698. The van der Waals surface area contributed by atoms with Gasteiger partial charge in [0.15, 0.2) is 6.61 Å².